The molecule has 14 heteroatoms. The molecule has 0 radical (unpaired) electrons. The number of hydrogen-bond donors (Lipinski definition) is 2. The zero-order valence-electron chi connectivity index (χ0n) is 35.0. The van der Waals surface area contributed by atoms with Gasteiger partial charge in [-0.05, 0) is 103 Å². The van der Waals surface area contributed by atoms with Crippen LogP contribution in [0.15, 0.2) is 85.2 Å². The van der Waals surface area contributed by atoms with Gasteiger partial charge in [0.2, 0.25) is 11.8 Å². The average Bonchev–Trinajstić information content (AvgIpc) is 3.25. The van der Waals surface area contributed by atoms with Gasteiger partial charge in [-0.3, -0.25) is 19.2 Å². The van der Waals surface area contributed by atoms with Crippen LogP contribution in [0.25, 0.3) is 17.0 Å². The van der Waals surface area contributed by atoms with Crippen molar-refractivity contribution in [2.75, 3.05) is 32.1 Å². The molecule has 62 heavy (non-hydrogen) atoms. The van der Waals surface area contributed by atoms with Gasteiger partial charge in [0, 0.05) is 54.4 Å². The van der Waals surface area contributed by atoms with Crippen molar-refractivity contribution in [3.05, 3.63) is 113 Å². The third-order valence-electron chi connectivity index (χ3n) is 12.8. The standard InChI is InChI=1S/C48H52F3N5O6/c1-3-30-4-8-32(9-5-30)33-12-14-34(15-13-33)38-24-52-45(53-25-38)35-10-6-31(7-11-35)26-56(29-44(58)55-27-39(28-55)47(60)61)46(59)36-16-19-40(20-17-36)54-43(57)22-37-18-21-41(62-2)23-42(37)48(49,50)51/h6-7,10-11,14,16-21,23-25,30,32-33,39H,3-5,8-9,12-13,15,22,26-29H2,1-2H3,(H,54,57)(H,60,61). The van der Waals surface area contributed by atoms with E-state index in [2.05, 4.69) is 28.3 Å². The van der Waals surface area contributed by atoms with E-state index < -0.39 is 47.8 Å². The number of likely N-dealkylation sites (tertiary alicyclic amines) is 1. The summed E-state index contributed by atoms with van der Waals surface area (Å²) < 4.78 is 46.0. The Bertz CT molecular complexity index is 2270. The largest absolute Gasteiger partial charge is 0.497 e. The van der Waals surface area contributed by atoms with Gasteiger partial charge in [0.1, 0.15) is 12.3 Å². The van der Waals surface area contributed by atoms with Crippen LogP contribution < -0.4 is 10.1 Å². The lowest BCUT2D eigenvalue weighted by atomic mass is 9.71. The maximum absolute atomic E-state index is 13.9. The minimum Gasteiger partial charge on any atom is -0.497 e. The molecule has 4 aromatic rings. The minimum absolute atomic E-state index is 0.0127. The number of benzene rings is 3. The number of aliphatic carboxylic acids is 1. The molecule has 7 rings (SSSR count). The number of carbonyl (C=O) groups excluding carboxylic acids is 3. The van der Waals surface area contributed by atoms with Crippen molar-refractivity contribution in [2.45, 2.75) is 77.4 Å². The second-order valence-electron chi connectivity index (χ2n) is 16.8. The first-order valence-electron chi connectivity index (χ1n) is 21.3. The molecule has 1 atom stereocenters. The fourth-order valence-electron chi connectivity index (χ4n) is 8.89. The van der Waals surface area contributed by atoms with Crippen LogP contribution in [0.1, 0.15) is 90.9 Å². The number of amides is 3. The number of nitrogens with zero attached hydrogens (tertiary/aromatic N) is 4. The number of aromatic nitrogens is 2. The van der Waals surface area contributed by atoms with Crippen molar-refractivity contribution < 1.29 is 42.2 Å². The van der Waals surface area contributed by atoms with Crippen LogP contribution in [-0.2, 0) is 33.5 Å². The molecule has 1 saturated carbocycles. The number of nitrogens with one attached hydrogen (secondary N) is 1. The summed E-state index contributed by atoms with van der Waals surface area (Å²) in [5, 5.41) is 11.9. The zero-order valence-corrected chi connectivity index (χ0v) is 35.0. The van der Waals surface area contributed by atoms with E-state index in [-0.39, 0.29) is 48.7 Å². The number of allylic oxidation sites excluding steroid dienone is 2. The SMILES string of the molecule is CCC1CCC(C2CC=C(c3cnc(-c4ccc(CN(CC(=O)N5CC(C(=O)O)C5)C(=O)c5ccc(NC(=O)Cc6ccc(OC)cc6C(F)(F)F)cc5)cc4)nc3)CC2)CC1. The third kappa shape index (κ3) is 10.7. The van der Waals surface area contributed by atoms with E-state index in [1.807, 2.05) is 36.7 Å². The van der Waals surface area contributed by atoms with Crippen molar-refractivity contribution in [1.29, 1.82) is 0 Å². The summed E-state index contributed by atoms with van der Waals surface area (Å²) in [7, 11) is 1.25. The Hall–Kier alpha value is -6.05. The van der Waals surface area contributed by atoms with E-state index in [1.54, 1.807) is 0 Å². The molecule has 2 fully saturated rings. The highest BCUT2D eigenvalue weighted by molar-refractivity contribution is 5.98. The highest BCUT2D eigenvalue weighted by Gasteiger charge is 2.37. The van der Waals surface area contributed by atoms with Crippen LogP contribution in [0, 0.1) is 23.7 Å². The molecule has 1 aromatic heterocycles. The number of rotatable bonds is 14. The molecular formula is C48H52F3N5O6. The normalized spacial score (nSPS) is 19.2. The Kier molecular flexibility index (Phi) is 13.7. The molecule has 1 saturated heterocycles. The van der Waals surface area contributed by atoms with Crippen molar-refractivity contribution in [1.82, 2.24) is 19.8 Å². The lowest BCUT2D eigenvalue weighted by molar-refractivity contribution is -0.153. The Morgan fingerprint density at radius 2 is 1.58 bits per heavy atom. The molecule has 2 aliphatic carbocycles. The topological polar surface area (TPSA) is 142 Å². The number of ether oxygens (including phenoxy) is 1. The number of alkyl halides is 3. The molecule has 11 nitrogen and oxygen atoms in total. The van der Waals surface area contributed by atoms with Gasteiger partial charge in [-0.2, -0.15) is 13.2 Å². The quantitative estimate of drug-likeness (QED) is 0.128. The number of hydrogen-bond acceptors (Lipinski definition) is 7. The summed E-state index contributed by atoms with van der Waals surface area (Å²) in [6.07, 6.45) is 11.0. The molecular weight excluding hydrogens is 800 g/mol. The Morgan fingerprint density at radius 3 is 2.18 bits per heavy atom. The molecule has 2 N–H and O–H groups in total. The van der Waals surface area contributed by atoms with Crippen LogP contribution >= 0.6 is 0 Å². The fraction of sp³-hybridized carbons (Fsp3) is 0.417. The van der Waals surface area contributed by atoms with Crippen molar-refractivity contribution >= 4 is 35.0 Å². The summed E-state index contributed by atoms with van der Waals surface area (Å²) in [5.41, 5.74) is 3.11. The van der Waals surface area contributed by atoms with Crippen LogP contribution in [0.4, 0.5) is 18.9 Å². The number of carbonyl (C=O) groups is 4. The smallest absolute Gasteiger partial charge is 0.416 e. The third-order valence-corrected chi connectivity index (χ3v) is 12.8. The van der Waals surface area contributed by atoms with Gasteiger partial charge >= 0.3 is 12.1 Å². The van der Waals surface area contributed by atoms with Crippen LogP contribution in [-0.4, -0.2) is 75.3 Å². The second-order valence-corrected chi connectivity index (χ2v) is 16.8. The Labute approximate surface area is 359 Å². The highest BCUT2D eigenvalue weighted by atomic mass is 19.4. The number of methoxy groups -OCH3 is 1. The summed E-state index contributed by atoms with van der Waals surface area (Å²) in [6.45, 7) is 2.16. The maximum atomic E-state index is 13.9. The van der Waals surface area contributed by atoms with E-state index in [0.29, 0.717) is 5.82 Å². The second kappa shape index (κ2) is 19.3. The van der Waals surface area contributed by atoms with Gasteiger partial charge in [-0.1, -0.05) is 62.6 Å². The van der Waals surface area contributed by atoms with Gasteiger partial charge in [0.15, 0.2) is 5.82 Å². The van der Waals surface area contributed by atoms with Crippen LogP contribution in [0.2, 0.25) is 0 Å². The van der Waals surface area contributed by atoms with E-state index >= 15 is 0 Å². The van der Waals surface area contributed by atoms with Gasteiger partial charge in [-0.15, -0.1) is 0 Å². The Morgan fingerprint density at radius 1 is 0.887 bits per heavy atom. The summed E-state index contributed by atoms with van der Waals surface area (Å²) in [6, 6.07) is 16.6. The number of carboxylic acids is 1. The monoisotopic (exact) mass is 851 g/mol. The number of carboxylic acid groups (broad SMARTS) is 1. The molecule has 3 aromatic carbocycles. The molecule has 3 aliphatic rings. The van der Waals surface area contributed by atoms with Crippen LogP contribution in [0.5, 0.6) is 5.75 Å². The van der Waals surface area contributed by atoms with E-state index in [9.17, 15) is 37.5 Å². The van der Waals surface area contributed by atoms with Gasteiger partial charge in [-0.25, -0.2) is 9.97 Å². The molecule has 0 spiro atoms. The lowest BCUT2D eigenvalue weighted by Gasteiger charge is -2.38. The molecule has 1 aliphatic heterocycles. The lowest BCUT2D eigenvalue weighted by Crippen LogP contribution is -2.55. The molecule has 0 bridgehead atoms. The zero-order chi connectivity index (χ0) is 44.0. The Balaban J connectivity index is 0.992. The first kappa shape index (κ1) is 44.0. The number of anilines is 1. The van der Waals surface area contributed by atoms with E-state index in [4.69, 9.17) is 4.74 Å². The van der Waals surface area contributed by atoms with E-state index in [0.717, 1.165) is 53.4 Å². The van der Waals surface area contributed by atoms with Gasteiger partial charge in [0.05, 0.1) is 25.0 Å². The summed E-state index contributed by atoms with van der Waals surface area (Å²) in [4.78, 5) is 63.5. The van der Waals surface area contributed by atoms with Crippen molar-refractivity contribution in [2.24, 2.45) is 23.7 Å². The van der Waals surface area contributed by atoms with E-state index in [1.165, 1.54) is 97.4 Å². The average molecular weight is 852 g/mol. The first-order valence-corrected chi connectivity index (χ1v) is 21.3. The minimum atomic E-state index is -4.69. The summed E-state index contributed by atoms with van der Waals surface area (Å²) >= 11 is 0. The number of halogens is 3. The predicted octanol–water partition coefficient (Wildman–Crippen LogP) is 8.94. The molecule has 3 amide bonds. The molecule has 326 valence electrons. The highest BCUT2D eigenvalue weighted by Crippen LogP contribution is 2.42. The predicted molar refractivity (Wildman–Crippen MR) is 228 cm³/mol. The molecule has 1 unspecified atom stereocenters. The first-order chi connectivity index (χ1) is 29.8. The molecule has 2 heterocycles. The van der Waals surface area contributed by atoms with Crippen molar-refractivity contribution in [3.63, 3.8) is 0 Å². The maximum Gasteiger partial charge on any atom is 0.416 e. The van der Waals surface area contributed by atoms with Gasteiger partial charge < -0.3 is 25.0 Å². The summed E-state index contributed by atoms with van der Waals surface area (Å²) in [5.74, 6) is -0.152. The fourth-order valence-corrected chi connectivity index (χ4v) is 8.89. The van der Waals surface area contributed by atoms with Gasteiger partial charge in [0.25, 0.3) is 5.91 Å². The van der Waals surface area contributed by atoms with Crippen LogP contribution in [0.3, 0.4) is 0 Å². The van der Waals surface area contributed by atoms with Crippen molar-refractivity contribution in [3.8, 4) is 17.1 Å².